The fourth-order valence-corrected chi connectivity index (χ4v) is 2.93. The normalized spacial score (nSPS) is 11.9. The molecule has 0 aliphatic rings. The molecule has 0 aromatic heterocycles. The van der Waals surface area contributed by atoms with Gasteiger partial charge in [0, 0.05) is 0 Å². The molecule has 0 bridgehead atoms. The Hall–Kier alpha value is -0.430. The van der Waals surface area contributed by atoms with Crippen LogP contribution in [0.4, 0.5) is 0 Å². The Kier molecular flexibility index (Phi) is 29.3. The van der Waals surface area contributed by atoms with E-state index in [1.807, 2.05) is 12.5 Å². The lowest BCUT2D eigenvalue weighted by molar-refractivity contribution is -0.182. The van der Waals surface area contributed by atoms with Gasteiger partial charge in [-0.05, 0) is 50.7 Å². The molecule has 0 heterocycles. The summed E-state index contributed by atoms with van der Waals surface area (Å²) in [5, 5.41) is 9.02. The number of hydrogen-bond donors (Lipinski definition) is 2. The molecule has 0 fully saturated rings. The van der Waals surface area contributed by atoms with Crippen molar-refractivity contribution in [3.8, 4) is 0 Å². The molecule has 186 valence electrons. The fourth-order valence-electron chi connectivity index (χ4n) is 1.72. The van der Waals surface area contributed by atoms with Crippen LogP contribution in [0.5, 0.6) is 0 Å². The van der Waals surface area contributed by atoms with Crippen LogP contribution in [0.3, 0.4) is 0 Å². The van der Waals surface area contributed by atoms with E-state index < -0.39 is 18.1 Å². The number of esters is 2. The lowest BCUT2D eigenvalue weighted by Crippen LogP contribution is -2.41. The number of alkyl halides is 2. The van der Waals surface area contributed by atoms with Crippen LogP contribution >= 0.6 is 46.7 Å². The highest BCUT2D eigenvalue weighted by Crippen LogP contribution is 2.11. The average Bonchev–Trinajstić information content (AvgIpc) is 2.76. The number of halogens is 2. The molecule has 0 spiro atoms. The third-order valence-electron chi connectivity index (χ3n) is 3.19. The van der Waals surface area contributed by atoms with Crippen molar-refractivity contribution in [2.45, 2.75) is 38.8 Å². The van der Waals surface area contributed by atoms with Gasteiger partial charge in [0.15, 0.2) is 0 Å². The second-order valence-electron chi connectivity index (χ2n) is 5.44. The minimum Gasteiger partial charge on any atom is -0.480 e. The first-order chi connectivity index (χ1) is 14.7. The largest absolute Gasteiger partial charge is 0.480 e. The molecule has 0 aliphatic heterocycles. The Labute approximate surface area is 203 Å². The first-order valence-electron chi connectivity index (χ1n) is 9.41. The van der Waals surface area contributed by atoms with E-state index in [-0.39, 0.29) is 23.8 Å². The molecule has 2 unspecified atom stereocenters. The second kappa shape index (κ2) is 25.8. The summed E-state index contributed by atoms with van der Waals surface area (Å²) in [7, 11) is 1.49. The minimum absolute atomic E-state index is 0.147. The molecule has 13 heteroatoms. The molecular weight excluding hydrogens is 491 g/mol. The van der Waals surface area contributed by atoms with E-state index in [0.29, 0.717) is 26.1 Å². The molecule has 0 radical (unpaired) electrons. The highest BCUT2D eigenvalue weighted by molar-refractivity contribution is 7.98. The van der Waals surface area contributed by atoms with Gasteiger partial charge < -0.3 is 25.2 Å². The smallest absolute Gasteiger partial charge is 0.325 e. The van der Waals surface area contributed by atoms with E-state index in [1.165, 1.54) is 12.2 Å². The number of carbonyl (C=O) groups excluding carboxylic acids is 2. The predicted octanol–water partition coefficient (Wildman–Crippen LogP) is 2.67. The number of rotatable bonds is 14. The Morgan fingerprint density at radius 1 is 1.00 bits per heavy atom. The van der Waals surface area contributed by atoms with Crippen LogP contribution in [0.15, 0.2) is 0 Å². The Morgan fingerprint density at radius 2 is 1.45 bits per heavy atom. The zero-order valence-electron chi connectivity index (χ0n) is 18.8. The second-order valence-corrected chi connectivity index (χ2v) is 7.91. The van der Waals surface area contributed by atoms with Gasteiger partial charge in [0.05, 0.1) is 26.3 Å². The lowest BCUT2D eigenvalue weighted by atomic mass is 10.2. The van der Waals surface area contributed by atoms with Gasteiger partial charge in [-0.25, -0.2) is 0 Å². The maximum atomic E-state index is 11.6. The van der Waals surface area contributed by atoms with Crippen molar-refractivity contribution in [1.82, 2.24) is 5.06 Å². The van der Waals surface area contributed by atoms with Crippen molar-refractivity contribution in [3.05, 3.63) is 0 Å². The zero-order valence-corrected chi connectivity index (χ0v) is 22.0. The molecule has 0 aliphatic carbocycles. The third-order valence-corrected chi connectivity index (χ3v) is 4.94. The summed E-state index contributed by atoms with van der Waals surface area (Å²) >= 11 is 13.8. The number of hydroxylamine groups is 2. The number of thioether (sulfide) groups is 2. The summed E-state index contributed by atoms with van der Waals surface area (Å²) in [6.07, 6.45) is 5.33. The van der Waals surface area contributed by atoms with E-state index in [2.05, 4.69) is 0 Å². The van der Waals surface area contributed by atoms with Crippen molar-refractivity contribution >= 4 is 64.6 Å². The number of carbonyl (C=O) groups is 3. The van der Waals surface area contributed by atoms with Gasteiger partial charge in [0.1, 0.15) is 18.0 Å². The highest BCUT2D eigenvalue weighted by atomic mass is 35.5. The first kappa shape index (κ1) is 35.2. The molecule has 0 rings (SSSR count). The molecule has 0 aromatic carbocycles. The molecule has 9 nitrogen and oxygen atoms in total. The highest BCUT2D eigenvalue weighted by Gasteiger charge is 2.26. The number of hydrogen-bond acceptors (Lipinski definition) is 10. The van der Waals surface area contributed by atoms with Gasteiger partial charge in [0.25, 0.3) is 0 Å². The quantitative estimate of drug-likeness (QED) is 0.150. The van der Waals surface area contributed by atoms with Crippen LogP contribution in [-0.2, 0) is 28.7 Å². The van der Waals surface area contributed by atoms with Crippen molar-refractivity contribution in [3.63, 3.8) is 0 Å². The maximum absolute atomic E-state index is 11.6. The van der Waals surface area contributed by atoms with Crippen molar-refractivity contribution in [1.29, 1.82) is 0 Å². The predicted molar refractivity (Wildman–Crippen MR) is 129 cm³/mol. The van der Waals surface area contributed by atoms with Gasteiger partial charge in [0.2, 0.25) is 0 Å². The topological polar surface area (TPSA) is 128 Å². The van der Waals surface area contributed by atoms with E-state index in [9.17, 15) is 14.4 Å². The Morgan fingerprint density at radius 3 is 1.81 bits per heavy atom. The molecule has 2 atom stereocenters. The first-order valence-corrected chi connectivity index (χ1v) is 13.3. The summed E-state index contributed by atoms with van der Waals surface area (Å²) < 4.78 is 9.68. The SMILES string of the molecule is CCOC(=O)C(CCSC)N(CCl)OC.CCOC(=O)C(N)CCSC.O=C(O)CCl. The number of carboxylic acids is 1. The van der Waals surface area contributed by atoms with E-state index in [1.54, 1.807) is 37.4 Å². The van der Waals surface area contributed by atoms with Crippen LogP contribution in [0, 0.1) is 0 Å². The van der Waals surface area contributed by atoms with Crippen molar-refractivity contribution < 1.29 is 33.8 Å². The zero-order chi connectivity index (χ0) is 24.7. The summed E-state index contributed by atoms with van der Waals surface area (Å²) in [4.78, 5) is 36.7. The van der Waals surface area contributed by atoms with Gasteiger partial charge >= 0.3 is 17.9 Å². The number of nitrogens with zero attached hydrogens (tertiary/aromatic N) is 1. The third kappa shape index (κ3) is 22.6. The average molecular weight is 528 g/mol. The Bertz CT molecular complexity index is 463. The number of ether oxygens (including phenoxy) is 2. The van der Waals surface area contributed by atoms with Crippen LogP contribution in [0.1, 0.15) is 26.7 Å². The van der Waals surface area contributed by atoms with Crippen molar-refractivity contribution in [2.75, 3.05) is 56.2 Å². The molecule has 0 amide bonds. The summed E-state index contributed by atoms with van der Waals surface area (Å²) in [5.41, 5.74) is 5.50. The van der Waals surface area contributed by atoms with Crippen molar-refractivity contribution in [2.24, 2.45) is 5.73 Å². The van der Waals surface area contributed by atoms with Gasteiger partial charge in [-0.1, -0.05) is 0 Å². The molecule has 0 aromatic rings. The van der Waals surface area contributed by atoms with Gasteiger partial charge in [-0.3, -0.25) is 14.4 Å². The van der Waals surface area contributed by atoms with Crippen LogP contribution in [0.2, 0.25) is 0 Å². The van der Waals surface area contributed by atoms with Gasteiger partial charge in [-0.2, -0.15) is 28.6 Å². The Balaban J connectivity index is -0.000000428. The van der Waals surface area contributed by atoms with Crippen LogP contribution in [0.25, 0.3) is 0 Å². The summed E-state index contributed by atoms with van der Waals surface area (Å²) in [5.74, 6) is -0.0949. The molecule has 0 saturated heterocycles. The maximum Gasteiger partial charge on any atom is 0.325 e. The van der Waals surface area contributed by atoms with E-state index in [0.717, 1.165) is 11.5 Å². The molecule has 3 N–H and O–H groups in total. The fraction of sp³-hybridized carbons (Fsp3) is 0.833. The summed E-state index contributed by atoms with van der Waals surface area (Å²) in [6.45, 7) is 4.33. The molecular formula is C18H36Cl2N2O7S2. The van der Waals surface area contributed by atoms with Crippen LogP contribution in [-0.4, -0.2) is 96.4 Å². The van der Waals surface area contributed by atoms with Gasteiger partial charge in [-0.15, -0.1) is 23.2 Å². The molecule has 31 heavy (non-hydrogen) atoms. The standard InChI is InChI=1S/C9H18ClNO3S.C7H15NO2S.C2H3ClO2/c1-4-14-9(12)8(5-6-15-3)11(7-10)13-2;1-3-10-7(9)6(8)4-5-11-2;3-1-2(4)5/h8H,4-7H2,1-3H3;6H,3-5,8H2,1-2H3;1H2,(H,4,5). The number of aliphatic carboxylic acids is 1. The lowest BCUT2D eigenvalue weighted by Gasteiger charge is -2.25. The summed E-state index contributed by atoms with van der Waals surface area (Å²) in [6, 6.07) is -0.712. The minimum atomic E-state index is -0.980. The number of carboxylic acid groups (broad SMARTS) is 1. The molecule has 0 saturated carbocycles. The van der Waals surface area contributed by atoms with E-state index >= 15 is 0 Å². The number of nitrogens with two attached hydrogens (primary N) is 1. The van der Waals surface area contributed by atoms with Crippen LogP contribution < -0.4 is 5.73 Å². The monoisotopic (exact) mass is 526 g/mol. The van der Waals surface area contributed by atoms with E-state index in [4.69, 9.17) is 48.4 Å².